The smallest absolute Gasteiger partial charge is 0.289 e. The number of hydrogen-bond acceptors (Lipinski definition) is 4. The van der Waals surface area contributed by atoms with Gasteiger partial charge in [-0.3, -0.25) is 4.79 Å². The van der Waals surface area contributed by atoms with Gasteiger partial charge in [-0.2, -0.15) is 0 Å². The van der Waals surface area contributed by atoms with Gasteiger partial charge in [0.05, 0.1) is 11.8 Å². The van der Waals surface area contributed by atoms with Crippen molar-refractivity contribution in [3.8, 4) is 0 Å². The molecule has 1 fully saturated rings. The molecule has 1 aliphatic rings. The van der Waals surface area contributed by atoms with E-state index in [4.69, 9.17) is 4.42 Å². The molecular weight excluding hydrogens is 208 g/mol. The Morgan fingerprint density at radius 3 is 3.06 bits per heavy atom. The first-order valence-electron chi connectivity index (χ1n) is 5.53. The summed E-state index contributed by atoms with van der Waals surface area (Å²) in [7, 11) is 0. The van der Waals surface area contributed by atoms with Crippen molar-refractivity contribution in [2.24, 2.45) is 5.92 Å². The Hall–Kier alpha value is -1.36. The van der Waals surface area contributed by atoms with Crippen LogP contribution in [0.2, 0.25) is 0 Å². The molecule has 0 aromatic carbocycles. The second-order valence-electron chi connectivity index (χ2n) is 4.31. The standard InChI is InChI=1S/C11H16N2O3/c1-7-10(16-6-13-7)11(15)12-5-8-2-3-9(14)4-8/h6,8-9,14H,2-5H2,1H3,(H,12,15). The van der Waals surface area contributed by atoms with Crippen molar-refractivity contribution in [3.63, 3.8) is 0 Å². The molecule has 0 radical (unpaired) electrons. The minimum Gasteiger partial charge on any atom is -0.438 e. The second-order valence-corrected chi connectivity index (χ2v) is 4.31. The van der Waals surface area contributed by atoms with E-state index in [0.29, 0.717) is 18.2 Å². The Morgan fingerprint density at radius 2 is 2.50 bits per heavy atom. The molecule has 5 nitrogen and oxygen atoms in total. The lowest BCUT2D eigenvalue weighted by Crippen LogP contribution is -2.28. The van der Waals surface area contributed by atoms with E-state index < -0.39 is 0 Å². The van der Waals surface area contributed by atoms with E-state index in [-0.39, 0.29) is 17.8 Å². The van der Waals surface area contributed by atoms with E-state index in [2.05, 4.69) is 10.3 Å². The molecule has 1 aromatic rings. The maximum Gasteiger partial charge on any atom is 0.289 e. The van der Waals surface area contributed by atoms with E-state index in [1.165, 1.54) is 6.39 Å². The summed E-state index contributed by atoms with van der Waals surface area (Å²) in [5, 5.41) is 12.2. The van der Waals surface area contributed by atoms with Crippen LogP contribution in [0, 0.1) is 12.8 Å². The van der Waals surface area contributed by atoms with E-state index in [9.17, 15) is 9.90 Å². The zero-order valence-corrected chi connectivity index (χ0v) is 9.27. The van der Waals surface area contributed by atoms with Crippen molar-refractivity contribution in [3.05, 3.63) is 17.8 Å². The summed E-state index contributed by atoms with van der Waals surface area (Å²) in [5.74, 6) is 0.428. The molecule has 16 heavy (non-hydrogen) atoms. The van der Waals surface area contributed by atoms with Crippen LogP contribution in [0.4, 0.5) is 0 Å². The minimum atomic E-state index is -0.226. The average molecular weight is 224 g/mol. The van der Waals surface area contributed by atoms with Crippen molar-refractivity contribution in [2.45, 2.75) is 32.3 Å². The summed E-state index contributed by atoms with van der Waals surface area (Å²) in [6, 6.07) is 0. The molecule has 1 aromatic heterocycles. The Bertz CT molecular complexity index is 375. The number of nitrogens with one attached hydrogen (secondary N) is 1. The van der Waals surface area contributed by atoms with E-state index in [0.717, 1.165) is 19.3 Å². The highest BCUT2D eigenvalue weighted by molar-refractivity contribution is 5.92. The van der Waals surface area contributed by atoms with Crippen molar-refractivity contribution in [2.75, 3.05) is 6.54 Å². The molecule has 2 rings (SSSR count). The SMILES string of the molecule is Cc1ncoc1C(=O)NCC1CCC(O)C1. The third-order valence-electron chi connectivity index (χ3n) is 3.02. The number of aromatic nitrogens is 1. The van der Waals surface area contributed by atoms with Crippen molar-refractivity contribution in [1.82, 2.24) is 10.3 Å². The molecule has 1 heterocycles. The van der Waals surface area contributed by atoms with Gasteiger partial charge in [0.15, 0.2) is 6.39 Å². The summed E-state index contributed by atoms with van der Waals surface area (Å²) < 4.78 is 4.99. The lowest BCUT2D eigenvalue weighted by atomic mass is 10.1. The monoisotopic (exact) mass is 224 g/mol. The van der Waals surface area contributed by atoms with E-state index in [1.807, 2.05) is 0 Å². The van der Waals surface area contributed by atoms with Gasteiger partial charge in [0.2, 0.25) is 5.76 Å². The van der Waals surface area contributed by atoms with Gasteiger partial charge in [-0.1, -0.05) is 0 Å². The number of oxazole rings is 1. The van der Waals surface area contributed by atoms with Crippen molar-refractivity contribution >= 4 is 5.91 Å². The van der Waals surface area contributed by atoms with Crippen LogP contribution in [0.25, 0.3) is 0 Å². The Morgan fingerprint density at radius 1 is 1.69 bits per heavy atom. The zero-order valence-electron chi connectivity index (χ0n) is 9.27. The molecule has 2 unspecified atom stereocenters. The van der Waals surface area contributed by atoms with Gasteiger partial charge in [-0.15, -0.1) is 0 Å². The summed E-state index contributed by atoms with van der Waals surface area (Å²) >= 11 is 0. The molecule has 0 spiro atoms. The van der Waals surface area contributed by atoms with Crippen molar-refractivity contribution < 1.29 is 14.3 Å². The number of carbonyl (C=O) groups is 1. The number of carbonyl (C=O) groups excluding carboxylic acids is 1. The largest absolute Gasteiger partial charge is 0.438 e. The molecule has 0 bridgehead atoms. The van der Waals surface area contributed by atoms with Gasteiger partial charge in [-0.05, 0) is 32.1 Å². The third kappa shape index (κ3) is 2.41. The lowest BCUT2D eigenvalue weighted by Gasteiger charge is -2.09. The molecule has 1 amide bonds. The minimum absolute atomic E-state index is 0.200. The van der Waals surface area contributed by atoms with Crippen LogP contribution in [-0.2, 0) is 0 Å². The quantitative estimate of drug-likeness (QED) is 0.799. The molecule has 2 atom stereocenters. The van der Waals surface area contributed by atoms with Crippen LogP contribution in [-0.4, -0.2) is 28.6 Å². The van der Waals surface area contributed by atoms with Crippen LogP contribution < -0.4 is 5.32 Å². The number of aliphatic hydroxyl groups is 1. The number of rotatable bonds is 3. The fourth-order valence-corrected chi connectivity index (χ4v) is 2.07. The van der Waals surface area contributed by atoms with Crippen LogP contribution >= 0.6 is 0 Å². The first-order chi connectivity index (χ1) is 7.66. The summed E-state index contributed by atoms with van der Waals surface area (Å²) in [6.45, 7) is 2.33. The summed E-state index contributed by atoms with van der Waals surface area (Å²) in [6.07, 6.45) is 3.65. The Kier molecular flexibility index (Phi) is 3.24. The maximum atomic E-state index is 11.7. The van der Waals surface area contributed by atoms with Crippen LogP contribution in [0.15, 0.2) is 10.8 Å². The normalized spacial score (nSPS) is 24.6. The van der Waals surface area contributed by atoms with E-state index in [1.54, 1.807) is 6.92 Å². The molecular formula is C11H16N2O3. The molecule has 5 heteroatoms. The highest BCUT2D eigenvalue weighted by Crippen LogP contribution is 2.24. The molecule has 1 aliphatic carbocycles. The fourth-order valence-electron chi connectivity index (χ4n) is 2.07. The zero-order chi connectivity index (χ0) is 11.5. The Labute approximate surface area is 93.9 Å². The highest BCUT2D eigenvalue weighted by Gasteiger charge is 2.23. The highest BCUT2D eigenvalue weighted by atomic mass is 16.3. The number of nitrogens with zero attached hydrogens (tertiary/aromatic N) is 1. The van der Waals surface area contributed by atoms with Crippen LogP contribution in [0.1, 0.15) is 35.5 Å². The Balaban J connectivity index is 1.82. The van der Waals surface area contributed by atoms with Gasteiger partial charge >= 0.3 is 0 Å². The first-order valence-corrected chi connectivity index (χ1v) is 5.53. The van der Waals surface area contributed by atoms with Crippen molar-refractivity contribution in [1.29, 1.82) is 0 Å². The lowest BCUT2D eigenvalue weighted by molar-refractivity contribution is 0.0916. The van der Waals surface area contributed by atoms with Gasteiger partial charge < -0.3 is 14.8 Å². The van der Waals surface area contributed by atoms with Gasteiger partial charge in [0, 0.05) is 6.54 Å². The summed E-state index contributed by atoms with van der Waals surface area (Å²) in [5.41, 5.74) is 0.601. The first kappa shape index (κ1) is 11.1. The predicted molar refractivity (Wildman–Crippen MR) is 56.9 cm³/mol. The topological polar surface area (TPSA) is 75.4 Å². The van der Waals surface area contributed by atoms with Gasteiger partial charge in [0.25, 0.3) is 5.91 Å². The maximum absolute atomic E-state index is 11.7. The van der Waals surface area contributed by atoms with Gasteiger partial charge in [-0.25, -0.2) is 4.98 Å². The predicted octanol–water partition coefficient (Wildman–Crippen LogP) is 0.874. The molecule has 88 valence electrons. The number of aryl methyl sites for hydroxylation is 1. The number of amides is 1. The molecule has 0 saturated heterocycles. The molecule has 1 saturated carbocycles. The van der Waals surface area contributed by atoms with Gasteiger partial charge in [0.1, 0.15) is 0 Å². The third-order valence-corrected chi connectivity index (χ3v) is 3.02. The number of aliphatic hydroxyl groups excluding tert-OH is 1. The fraction of sp³-hybridized carbons (Fsp3) is 0.636. The number of hydrogen-bond donors (Lipinski definition) is 2. The van der Waals surface area contributed by atoms with Crippen LogP contribution in [0.5, 0.6) is 0 Å². The van der Waals surface area contributed by atoms with Crippen LogP contribution in [0.3, 0.4) is 0 Å². The summed E-state index contributed by atoms with van der Waals surface area (Å²) in [4.78, 5) is 15.5. The molecule has 0 aliphatic heterocycles. The average Bonchev–Trinajstić information content (AvgIpc) is 2.84. The second kappa shape index (κ2) is 4.65. The van der Waals surface area contributed by atoms with E-state index >= 15 is 0 Å². The molecule has 2 N–H and O–H groups in total.